The Morgan fingerprint density at radius 2 is 1.90 bits per heavy atom. The van der Waals surface area contributed by atoms with Crippen molar-refractivity contribution < 1.29 is 13.9 Å². The third-order valence-corrected chi connectivity index (χ3v) is 5.37. The highest BCUT2D eigenvalue weighted by Crippen LogP contribution is 2.29. The fraction of sp³-hybridized carbons (Fsp3) is 0.130. The van der Waals surface area contributed by atoms with E-state index in [1.165, 1.54) is 11.8 Å². The number of hydrogen-bond acceptors (Lipinski definition) is 5. The van der Waals surface area contributed by atoms with Gasteiger partial charge in [-0.25, -0.2) is 4.98 Å². The predicted molar refractivity (Wildman–Crippen MR) is 116 cm³/mol. The summed E-state index contributed by atoms with van der Waals surface area (Å²) in [5, 5.41) is 3.55. The number of aryl methyl sites for hydroxylation is 1. The van der Waals surface area contributed by atoms with Crippen LogP contribution in [0.4, 0.5) is 5.69 Å². The molecular formula is C23H20N2O3S. The molecule has 0 atom stereocenters. The maximum Gasteiger partial charge on any atom is 0.257 e. The number of carbonyl (C=O) groups excluding carboxylic acids is 1. The summed E-state index contributed by atoms with van der Waals surface area (Å²) in [4.78, 5) is 17.4. The van der Waals surface area contributed by atoms with E-state index in [0.717, 1.165) is 22.2 Å². The number of ether oxygens (including phenoxy) is 1. The van der Waals surface area contributed by atoms with Crippen LogP contribution in [0.25, 0.3) is 11.1 Å². The standard InChI is InChI=1S/C23H20N2O3S/c1-15-11-12-20(27-2)19(13-15)24-22(26)17-8-4-3-7-16(17)14-29-23-25-18-9-5-6-10-21(18)28-23/h3-13H,14H2,1-2H3,(H,24,26). The predicted octanol–water partition coefficient (Wildman–Crippen LogP) is 5.69. The fourth-order valence-electron chi connectivity index (χ4n) is 3.03. The van der Waals surface area contributed by atoms with Gasteiger partial charge in [-0.05, 0) is 48.4 Å². The molecule has 1 heterocycles. The summed E-state index contributed by atoms with van der Waals surface area (Å²) in [6.07, 6.45) is 0. The normalized spacial score (nSPS) is 10.8. The third-order valence-electron chi connectivity index (χ3n) is 4.49. The van der Waals surface area contributed by atoms with E-state index in [1.54, 1.807) is 7.11 Å². The summed E-state index contributed by atoms with van der Waals surface area (Å²) in [5.41, 5.74) is 4.79. The van der Waals surface area contributed by atoms with Crippen molar-refractivity contribution in [3.05, 3.63) is 83.4 Å². The van der Waals surface area contributed by atoms with Crippen LogP contribution in [0.2, 0.25) is 0 Å². The molecule has 1 amide bonds. The summed E-state index contributed by atoms with van der Waals surface area (Å²) in [6.45, 7) is 1.97. The molecule has 0 radical (unpaired) electrons. The zero-order valence-electron chi connectivity index (χ0n) is 16.1. The Hall–Kier alpha value is -3.25. The Morgan fingerprint density at radius 1 is 1.10 bits per heavy atom. The molecule has 1 aromatic heterocycles. The molecule has 1 N–H and O–H groups in total. The summed E-state index contributed by atoms with van der Waals surface area (Å²) < 4.78 is 11.1. The van der Waals surface area contributed by atoms with E-state index in [9.17, 15) is 4.79 Å². The number of hydrogen-bond donors (Lipinski definition) is 1. The molecule has 0 aliphatic heterocycles. The number of para-hydroxylation sites is 2. The zero-order valence-corrected chi connectivity index (χ0v) is 17.0. The fourth-order valence-corrected chi connectivity index (χ4v) is 3.87. The van der Waals surface area contributed by atoms with Crippen LogP contribution in [0.3, 0.4) is 0 Å². The number of rotatable bonds is 6. The lowest BCUT2D eigenvalue weighted by molar-refractivity contribution is 0.102. The van der Waals surface area contributed by atoms with Crippen LogP contribution >= 0.6 is 11.8 Å². The summed E-state index contributed by atoms with van der Waals surface area (Å²) >= 11 is 1.46. The van der Waals surface area contributed by atoms with Gasteiger partial charge in [0.2, 0.25) is 0 Å². The minimum Gasteiger partial charge on any atom is -0.495 e. The molecular weight excluding hydrogens is 384 g/mol. The molecule has 146 valence electrons. The molecule has 0 bridgehead atoms. The zero-order chi connectivity index (χ0) is 20.2. The second-order valence-electron chi connectivity index (χ2n) is 6.55. The molecule has 0 unspecified atom stereocenters. The van der Waals surface area contributed by atoms with Crippen LogP contribution in [-0.2, 0) is 5.75 Å². The van der Waals surface area contributed by atoms with E-state index in [2.05, 4.69) is 10.3 Å². The lowest BCUT2D eigenvalue weighted by Gasteiger charge is -2.13. The first kappa shape index (κ1) is 19.1. The number of anilines is 1. The number of amides is 1. The van der Waals surface area contributed by atoms with Gasteiger partial charge in [-0.1, -0.05) is 48.2 Å². The van der Waals surface area contributed by atoms with Gasteiger partial charge in [-0.15, -0.1) is 0 Å². The van der Waals surface area contributed by atoms with Gasteiger partial charge in [-0.2, -0.15) is 0 Å². The number of benzene rings is 3. The van der Waals surface area contributed by atoms with E-state index in [0.29, 0.717) is 28.0 Å². The molecule has 4 aromatic rings. The monoisotopic (exact) mass is 404 g/mol. The molecule has 0 aliphatic rings. The van der Waals surface area contributed by atoms with E-state index in [-0.39, 0.29) is 5.91 Å². The van der Waals surface area contributed by atoms with Gasteiger partial charge in [0.25, 0.3) is 11.1 Å². The Bertz CT molecular complexity index is 1140. The van der Waals surface area contributed by atoms with E-state index >= 15 is 0 Å². The number of nitrogens with zero attached hydrogens (tertiary/aromatic N) is 1. The van der Waals surface area contributed by atoms with Crippen molar-refractivity contribution >= 4 is 34.5 Å². The first-order valence-corrected chi connectivity index (χ1v) is 10.1. The minimum absolute atomic E-state index is 0.178. The van der Waals surface area contributed by atoms with Gasteiger partial charge in [-0.3, -0.25) is 4.79 Å². The number of nitrogens with one attached hydrogen (secondary N) is 1. The van der Waals surface area contributed by atoms with Crippen molar-refractivity contribution in [2.75, 3.05) is 12.4 Å². The smallest absolute Gasteiger partial charge is 0.257 e. The summed E-state index contributed by atoms with van der Waals surface area (Å²) in [6, 6.07) is 20.9. The number of methoxy groups -OCH3 is 1. The third kappa shape index (κ3) is 4.27. The van der Waals surface area contributed by atoms with Crippen LogP contribution in [0.5, 0.6) is 5.75 Å². The number of fused-ring (bicyclic) bond motifs is 1. The van der Waals surface area contributed by atoms with E-state index in [1.807, 2.05) is 73.7 Å². The van der Waals surface area contributed by atoms with Gasteiger partial charge in [0.05, 0.1) is 12.8 Å². The number of aromatic nitrogens is 1. The Kier molecular flexibility index (Phi) is 5.53. The van der Waals surface area contributed by atoms with Crippen LogP contribution in [0.15, 0.2) is 76.4 Å². The Labute approximate surface area is 173 Å². The van der Waals surface area contributed by atoms with Gasteiger partial charge in [0.15, 0.2) is 5.58 Å². The minimum atomic E-state index is -0.178. The van der Waals surface area contributed by atoms with Gasteiger partial charge in [0, 0.05) is 11.3 Å². The quantitative estimate of drug-likeness (QED) is 0.418. The number of thioether (sulfide) groups is 1. The van der Waals surface area contributed by atoms with Crippen molar-refractivity contribution in [1.29, 1.82) is 0 Å². The molecule has 29 heavy (non-hydrogen) atoms. The van der Waals surface area contributed by atoms with Crippen molar-refractivity contribution in [1.82, 2.24) is 4.98 Å². The van der Waals surface area contributed by atoms with Crippen molar-refractivity contribution in [2.45, 2.75) is 17.9 Å². The molecule has 0 aliphatic carbocycles. The van der Waals surface area contributed by atoms with Gasteiger partial charge < -0.3 is 14.5 Å². The highest BCUT2D eigenvalue weighted by Gasteiger charge is 2.15. The van der Waals surface area contributed by atoms with Crippen LogP contribution in [-0.4, -0.2) is 18.0 Å². The van der Waals surface area contributed by atoms with Gasteiger partial charge in [0.1, 0.15) is 11.3 Å². The topological polar surface area (TPSA) is 64.4 Å². The first-order chi connectivity index (χ1) is 14.1. The largest absolute Gasteiger partial charge is 0.495 e. The molecule has 0 saturated carbocycles. The molecule has 4 rings (SSSR count). The second kappa shape index (κ2) is 8.41. The highest BCUT2D eigenvalue weighted by atomic mass is 32.2. The van der Waals surface area contributed by atoms with Crippen molar-refractivity contribution in [3.63, 3.8) is 0 Å². The second-order valence-corrected chi connectivity index (χ2v) is 7.48. The highest BCUT2D eigenvalue weighted by molar-refractivity contribution is 7.98. The summed E-state index contributed by atoms with van der Waals surface area (Å²) in [5.74, 6) is 1.02. The molecule has 3 aromatic carbocycles. The average molecular weight is 404 g/mol. The molecule has 0 spiro atoms. The lowest BCUT2D eigenvalue weighted by atomic mass is 10.1. The molecule has 6 heteroatoms. The van der Waals surface area contributed by atoms with Crippen molar-refractivity contribution in [3.8, 4) is 5.75 Å². The lowest BCUT2D eigenvalue weighted by Crippen LogP contribution is -2.14. The van der Waals surface area contributed by atoms with Crippen molar-refractivity contribution in [2.24, 2.45) is 0 Å². The maximum absolute atomic E-state index is 13.0. The van der Waals surface area contributed by atoms with Crippen LogP contribution < -0.4 is 10.1 Å². The Balaban J connectivity index is 1.53. The molecule has 0 fully saturated rings. The number of oxazole rings is 1. The Morgan fingerprint density at radius 3 is 2.72 bits per heavy atom. The molecule has 0 saturated heterocycles. The van der Waals surface area contributed by atoms with E-state index < -0.39 is 0 Å². The van der Waals surface area contributed by atoms with Gasteiger partial charge >= 0.3 is 0 Å². The van der Waals surface area contributed by atoms with Crippen LogP contribution in [0.1, 0.15) is 21.5 Å². The maximum atomic E-state index is 13.0. The number of carbonyl (C=O) groups is 1. The SMILES string of the molecule is COc1ccc(C)cc1NC(=O)c1ccccc1CSc1nc2ccccc2o1. The first-order valence-electron chi connectivity index (χ1n) is 9.16. The molecule has 5 nitrogen and oxygen atoms in total. The van der Waals surface area contributed by atoms with Crippen LogP contribution in [0, 0.1) is 6.92 Å². The summed E-state index contributed by atoms with van der Waals surface area (Å²) in [7, 11) is 1.59. The average Bonchev–Trinajstić information content (AvgIpc) is 3.15. The van der Waals surface area contributed by atoms with E-state index in [4.69, 9.17) is 9.15 Å².